The molecule has 6 nitrogen and oxygen atoms in total. The number of carbonyl (C=O) groups is 1. The second-order valence-electron chi connectivity index (χ2n) is 7.25. The van der Waals surface area contributed by atoms with Crippen LogP contribution in [0.15, 0.2) is 95.2 Å². The van der Waals surface area contributed by atoms with E-state index in [0.29, 0.717) is 28.6 Å². The molecule has 160 valence electrons. The van der Waals surface area contributed by atoms with Gasteiger partial charge in [0, 0.05) is 13.2 Å². The molecule has 0 saturated heterocycles. The quantitative estimate of drug-likeness (QED) is 0.441. The minimum Gasteiger partial charge on any atom is -0.457 e. The zero-order chi connectivity index (χ0) is 22.5. The minimum absolute atomic E-state index is 0.163. The minimum atomic E-state index is -0.487. The van der Waals surface area contributed by atoms with E-state index >= 15 is 0 Å². The first-order chi connectivity index (χ1) is 15.6. The summed E-state index contributed by atoms with van der Waals surface area (Å²) >= 11 is 0. The molecule has 4 rings (SSSR count). The number of esters is 1. The molecule has 0 amide bonds. The van der Waals surface area contributed by atoms with E-state index in [9.17, 15) is 9.59 Å². The van der Waals surface area contributed by atoms with Crippen molar-refractivity contribution in [3.63, 3.8) is 0 Å². The molecule has 3 aromatic carbocycles. The van der Waals surface area contributed by atoms with E-state index in [1.807, 2.05) is 60.7 Å². The van der Waals surface area contributed by atoms with Crippen LogP contribution in [0.25, 0.3) is 17.1 Å². The molecular weight excluding hydrogens is 402 g/mol. The van der Waals surface area contributed by atoms with Crippen LogP contribution in [0.3, 0.4) is 0 Å². The molecule has 0 bridgehead atoms. The lowest BCUT2D eigenvalue weighted by Gasteiger charge is -2.14. The van der Waals surface area contributed by atoms with Gasteiger partial charge in [-0.25, -0.2) is 4.79 Å². The summed E-state index contributed by atoms with van der Waals surface area (Å²) < 4.78 is 8.77. The highest BCUT2D eigenvalue weighted by Gasteiger charge is 2.15. The first-order valence-corrected chi connectivity index (χ1v) is 10.2. The molecule has 32 heavy (non-hydrogen) atoms. The summed E-state index contributed by atoms with van der Waals surface area (Å²) in [6.07, 6.45) is 1.61. The number of ether oxygens (including phenoxy) is 1. The number of fused-ring (bicyclic) bond motifs is 1. The Labute approximate surface area is 185 Å². The van der Waals surface area contributed by atoms with Crippen LogP contribution in [0.4, 0.5) is 0 Å². The standard InChI is InChI=1S/C26H23N3O3/c1-3-28-23-15-14-21(25(31)32-18-20-12-8-5-9-13-20)16-22(23)24(30)29(26(28)27-2)17-19-10-6-4-7-11-19/h3-16H,1,17-18H2,2H3. The van der Waals surface area contributed by atoms with E-state index in [4.69, 9.17) is 4.74 Å². The smallest absolute Gasteiger partial charge is 0.338 e. The molecule has 0 saturated carbocycles. The number of benzene rings is 3. The SMILES string of the molecule is C=Cn1c(=NC)n(Cc2ccccc2)c(=O)c2cc(C(=O)OCc3ccccc3)ccc21. The van der Waals surface area contributed by atoms with Gasteiger partial charge in [-0.1, -0.05) is 67.2 Å². The van der Waals surface area contributed by atoms with Crippen molar-refractivity contribution in [2.24, 2.45) is 4.99 Å². The number of hydrogen-bond donors (Lipinski definition) is 0. The first-order valence-electron chi connectivity index (χ1n) is 10.2. The average molecular weight is 425 g/mol. The summed E-state index contributed by atoms with van der Waals surface area (Å²) in [4.78, 5) is 30.4. The Morgan fingerprint density at radius 2 is 1.66 bits per heavy atom. The molecule has 0 aliphatic carbocycles. The normalized spacial score (nSPS) is 11.5. The third-order valence-electron chi connectivity index (χ3n) is 5.20. The van der Waals surface area contributed by atoms with Crippen LogP contribution < -0.4 is 11.2 Å². The fourth-order valence-electron chi connectivity index (χ4n) is 3.64. The predicted octanol–water partition coefficient (Wildman–Crippen LogP) is 3.84. The zero-order valence-electron chi connectivity index (χ0n) is 17.8. The lowest BCUT2D eigenvalue weighted by molar-refractivity contribution is 0.0473. The van der Waals surface area contributed by atoms with Gasteiger partial charge in [0.2, 0.25) is 5.62 Å². The van der Waals surface area contributed by atoms with E-state index in [2.05, 4.69) is 11.6 Å². The Bertz CT molecular complexity index is 1400. The van der Waals surface area contributed by atoms with Crippen LogP contribution >= 0.6 is 0 Å². The Morgan fingerprint density at radius 1 is 1.00 bits per heavy atom. The Hall–Kier alpha value is -4.19. The molecule has 1 aromatic heterocycles. The van der Waals surface area contributed by atoms with E-state index in [-0.39, 0.29) is 12.2 Å². The van der Waals surface area contributed by atoms with Gasteiger partial charge in [0.1, 0.15) is 6.61 Å². The number of rotatable bonds is 6. The van der Waals surface area contributed by atoms with Crippen LogP contribution in [0, 0.1) is 0 Å². The number of hydrogen-bond acceptors (Lipinski definition) is 4. The van der Waals surface area contributed by atoms with Crippen LogP contribution in [0.1, 0.15) is 21.5 Å². The highest BCUT2D eigenvalue weighted by molar-refractivity contribution is 5.94. The van der Waals surface area contributed by atoms with Gasteiger partial charge in [-0.15, -0.1) is 0 Å². The number of aromatic nitrogens is 2. The molecule has 6 heteroatoms. The summed E-state index contributed by atoms with van der Waals surface area (Å²) in [7, 11) is 1.64. The highest BCUT2D eigenvalue weighted by Crippen LogP contribution is 2.14. The molecule has 0 spiro atoms. The molecule has 0 fully saturated rings. The monoisotopic (exact) mass is 425 g/mol. The van der Waals surface area contributed by atoms with Gasteiger partial charge < -0.3 is 4.74 Å². The van der Waals surface area contributed by atoms with Gasteiger partial charge in [0.05, 0.1) is 23.0 Å². The predicted molar refractivity (Wildman–Crippen MR) is 125 cm³/mol. The van der Waals surface area contributed by atoms with Crippen molar-refractivity contribution < 1.29 is 9.53 Å². The highest BCUT2D eigenvalue weighted by atomic mass is 16.5. The Kier molecular flexibility index (Phi) is 6.12. The summed E-state index contributed by atoms with van der Waals surface area (Å²) in [5, 5.41) is 0.391. The summed E-state index contributed by atoms with van der Waals surface area (Å²) in [5.74, 6) is -0.487. The molecule has 0 unspecified atom stereocenters. The van der Waals surface area contributed by atoms with Crippen LogP contribution in [-0.4, -0.2) is 22.2 Å². The van der Waals surface area contributed by atoms with Crippen molar-refractivity contribution in [2.75, 3.05) is 7.05 Å². The largest absolute Gasteiger partial charge is 0.457 e. The molecule has 0 aliphatic heterocycles. The number of carbonyl (C=O) groups excluding carboxylic acids is 1. The van der Waals surface area contributed by atoms with Crippen molar-refractivity contribution in [1.82, 2.24) is 9.13 Å². The molecular formula is C26H23N3O3. The topological polar surface area (TPSA) is 65.6 Å². The molecule has 4 aromatic rings. The first kappa shape index (κ1) is 21.1. The van der Waals surface area contributed by atoms with Crippen LogP contribution in [0.2, 0.25) is 0 Å². The molecule has 0 N–H and O–H groups in total. The summed E-state index contributed by atoms with van der Waals surface area (Å²) in [5.41, 5.74) is 3.03. The third kappa shape index (κ3) is 4.16. The Morgan fingerprint density at radius 3 is 2.28 bits per heavy atom. The Balaban J connectivity index is 1.78. The zero-order valence-corrected chi connectivity index (χ0v) is 17.8. The second kappa shape index (κ2) is 9.31. The fourth-order valence-corrected chi connectivity index (χ4v) is 3.64. The summed E-state index contributed by atoms with van der Waals surface area (Å²) in [6, 6.07) is 24.1. The summed E-state index contributed by atoms with van der Waals surface area (Å²) in [6.45, 7) is 4.39. The van der Waals surface area contributed by atoms with Gasteiger partial charge in [-0.2, -0.15) is 0 Å². The number of nitrogens with zero attached hydrogens (tertiary/aromatic N) is 3. The lowest BCUT2D eigenvalue weighted by Crippen LogP contribution is -2.40. The maximum atomic E-state index is 13.4. The van der Waals surface area contributed by atoms with E-state index in [1.165, 1.54) is 0 Å². The molecule has 1 heterocycles. The van der Waals surface area contributed by atoms with Gasteiger partial charge in [0.25, 0.3) is 5.56 Å². The van der Waals surface area contributed by atoms with Gasteiger partial charge in [0.15, 0.2) is 0 Å². The van der Waals surface area contributed by atoms with Crippen molar-refractivity contribution in [3.05, 3.63) is 118 Å². The fraction of sp³-hybridized carbons (Fsp3) is 0.115. The maximum absolute atomic E-state index is 13.4. The lowest BCUT2D eigenvalue weighted by atomic mass is 10.1. The third-order valence-corrected chi connectivity index (χ3v) is 5.20. The van der Waals surface area contributed by atoms with Crippen molar-refractivity contribution in [1.29, 1.82) is 0 Å². The van der Waals surface area contributed by atoms with Crippen LogP contribution in [-0.2, 0) is 17.9 Å². The van der Waals surface area contributed by atoms with E-state index in [1.54, 1.807) is 40.6 Å². The van der Waals surface area contributed by atoms with Crippen molar-refractivity contribution in [2.45, 2.75) is 13.2 Å². The van der Waals surface area contributed by atoms with E-state index in [0.717, 1.165) is 11.1 Å². The van der Waals surface area contributed by atoms with Gasteiger partial charge in [-0.05, 0) is 29.3 Å². The molecule has 0 atom stereocenters. The molecule has 0 aliphatic rings. The van der Waals surface area contributed by atoms with Crippen molar-refractivity contribution in [3.8, 4) is 0 Å². The average Bonchev–Trinajstić information content (AvgIpc) is 2.85. The van der Waals surface area contributed by atoms with E-state index < -0.39 is 5.97 Å². The maximum Gasteiger partial charge on any atom is 0.338 e. The van der Waals surface area contributed by atoms with Gasteiger partial charge in [-0.3, -0.25) is 18.9 Å². The van der Waals surface area contributed by atoms with Crippen LogP contribution in [0.5, 0.6) is 0 Å². The van der Waals surface area contributed by atoms with Gasteiger partial charge >= 0.3 is 5.97 Å². The molecule has 0 radical (unpaired) electrons. The van der Waals surface area contributed by atoms with Crippen molar-refractivity contribution >= 4 is 23.1 Å². The second-order valence-corrected chi connectivity index (χ2v) is 7.25.